The van der Waals surface area contributed by atoms with Gasteiger partial charge in [-0.05, 0) is 25.0 Å². The molecular formula is C18H23N3O. The standard InChI is InChI=1S/C18H23N3O/c1-13-16(17-5-3-4-6-18(17)19-13)9-12-21-10-7-15(8-11-21)20-14(2)22/h3-7,19H,8-12H2,1-2H3,(H,20,22). The van der Waals surface area contributed by atoms with E-state index in [2.05, 4.69) is 52.5 Å². The lowest BCUT2D eigenvalue weighted by Crippen LogP contribution is -2.34. The van der Waals surface area contributed by atoms with Gasteiger partial charge in [-0.15, -0.1) is 0 Å². The van der Waals surface area contributed by atoms with E-state index in [-0.39, 0.29) is 5.91 Å². The topological polar surface area (TPSA) is 48.1 Å². The second kappa shape index (κ2) is 6.36. The van der Waals surface area contributed by atoms with E-state index < -0.39 is 0 Å². The predicted molar refractivity (Wildman–Crippen MR) is 89.7 cm³/mol. The van der Waals surface area contributed by atoms with Crippen LogP contribution in [0.25, 0.3) is 10.9 Å². The minimum Gasteiger partial charge on any atom is -0.358 e. The van der Waals surface area contributed by atoms with E-state index in [9.17, 15) is 4.79 Å². The van der Waals surface area contributed by atoms with Crippen molar-refractivity contribution >= 4 is 16.8 Å². The minimum atomic E-state index is 0.0223. The maximum Gasteiger partial charge on any atom is 0.220 e. The molecule has 4 heteroatoms. The summed E-state index contributed by atoms with van der Waals surface area (Å²) in [5.74, 6) is 0.0223. The smallest absolute Gasteiger partial charge is 0.220 e. The highest BCUT2D eigenvalue weighted by molar-refractivity contribution is 5.84. The maximum atomic E-state index is 11.1. The fourth-order valence-corrected chi connectivity index (χ4v) is 3.18. The van der Waals surface area contributed by atoms with E-state index in [1.54, 1.807) is 6.92 Å². The molecule has 22 heavy (non-hydrogen) atoms. The van der Waals surface area contributed by atoms with Gasteiger partial charge in [-0.3, -0.25) is 9.69 Å². The van der Waals surface area contributed by atoms with Crippen molar-refractivity contribution in [3.8, 4) is 0 Å². The van der Waals surface area contributed by atoms with Crippen LogP contribution in [0.2, 0.25) is 0 Å². The Morgan fingerprint density at radius 2 is 2.18 bits per heavy atom. The van der Waals surface area contributed by atoms with Gasteiger partial charge in [-0.2, -0.15) is 0 Å². The van der Waals surface area contributed by atoms with Gasteiger partial charge in [0.2, 0.25) is 5.91 Å². The second-order valence-corrected chi connectivity index (χ2v) is 5.99. The lowest BCUT2D eigenvalue weighted by atomic mass is 10.1. The molecule has 3 rings (SSSR count). The number of aromatic nitrogens is 1. The van der Waals surface area contributed by atoms with Crippen LogP contribution in [0.3, 0.4) is 0 Å². The van der Waals surface area contributed by atoms with Crippen LogP contribution in [0.15, 0.2) is 36.0 Å². The average Bonchev–Trinajstić information content (AvgIpc) is 2.81. The number of fused-ring (bicyclic) bond motifs is 1. The summed E-state index contributed by atoms with van der Waals surface area (Å²) in [6.45, 7) is 6.68. The van der Waals surface area contributed by atoms with E-state index >= 15 is 0 Å². The summed E-state index contributed by atoms with van der Waals surface area (Å²) in [7, 11) is 0. The number of nitrogens with one attached hydrogen (secondary N) is 2. The first-order valence-corrected chi connectivity index (χ1v) is 7.88. The van der Waals surface area contributed by atoms with Gasteiger partial charge in [0, 0.05) is 55.3 Å². The Morgan fingerprint density at radius 1 is 1.36 bits per heavy atom. The zero-order valence-corrected chi connectivity index (χ0v) is 13.3. The molecule has 2 aromatic rings. The zero-order valence-electron chi connectivity index (χ0n) is 13.3. The van der Waals surface area contributed by atoms with Crippen LogP contribution in [-0.4, -0.2) is 35.4 Å². The lowest BCUT2D eigenvalue weighted by Gasteiger charge is -2.26. The molecule has 0 radical (unpaired) electrons. The summed E-state index contributed by atoms with van der Waals surface area (Å²) < 4.78 is 0. The molecule has 0 spiro atoms. The monoisotopic (exact) mass is 297 g/mol. The number of benzene rings is 1. The molecule has 0 atom stereocenters. The SMILES string of the molecule is CC(=O)NC1=CCN(CCc2c(C)[nH]c3ccccc23)CC1. The minimum absolute atomic E-state index is 0.0223. The predicted octanol–water partition coefficient (Wildman–Crippen LogP) is 2.74. The summed E-state index contributed by atoms with van der Waals surface area (Å²) in [4.78, 5) is 17.0. The van der Waals surface area contributed by atoms with Crippen LogP contribution in [0, 0.1) is 6.92 Å². The first-order chi connectivity index (χ1) is 10.6. The van der Waals surface area contributed by atoms with Gasteiger partial charge in [0.15, 0.2) is 0 Å². The van der Waals surface area contributed by atoms with Crippen molar-refractivity contribution in [2.75, 3.05) is 19.6 Å². The highest BCUT2D eigenvalue weighted by atomic mass is 16.1. The van der Waals surface area contributed by atoms with Gasteiger partial charge in [0.1, 0.15) is 0 Å². The molecule has 0 bridgehead atoms. The first-order valence-electron chi connectivity index (χ1n) is 7.88. The van der Waals surface area contributed by atoms with Crippen LogP contribution in [0.5, 0.6) is 0 Å². The molecule has 1 aliphatic heterocycles. The van der Waals surface area contributed by atoms with Crippen molar-refractivity contribution < 1.29 is 4.79 Å². The van der Waals surface area contributed by atoms with Crippen molar-refractivity contribution in [2.24, 2.45) is 0 Å². The molecule has 1 aliphatic rings. The normalized spacial score (nSPS) is 15.8. The Kier molecular flexibility index (Phi) is 4.29. The number of hydrogen-bond acceptors (Lipinski definition) is 2. The van der Waals surface area contributed by atoms with Crippen molar-refractivity contribution in [3.63, 3.8) is 0 Å². The molecule has 0 unspecified atom stereocenters. The summed E-state index contributed by atoms with van der Waals surface area (Å²) in [5.41, 5.74) is 4.98. The number of carbonyl (C=O) groups is 1. The summed E-state index contributed by atoms with van der Waals surface area (Å²) >= 11 is 0. The maximum absolute atomic E-state index is 11.1. The molecule has 116 valence electrons. The molecule has 0 saturated carbocycles. The Hall–Kier alpha value is -2.07. The van der Waals surface area contributed by atoms with Crippen LogP contribution in [0.1, 0.15) is 24.6 Å². The number of rotatable bonds is 4. The lowest BCUT2D eigenvalue weighted by molar-refractivity contribution is -0.118. The Labute approximate surface area is 131 Å². The van der Waals surface area contributed by atoms with Crippen molar-refractivity contribution in [1.82, 2.24) is 15.2 Å². The fourth-order valence-electron chi connectivity index (χ4n) is 3.18. The number of H-pyrrole nitrogens is 1. The van der Waals surface area contributed by atoms with E-state index in [1.165, 1.54) is 22.2 Å². The number of aromatic amines is 1. The highest BCUT2D eigenvalue weighted by Gasteiger charge is 2.14. The third-order valence-electron chi connectivity index (χ3n) is 4.33. The van der Waals surface area contributed by atoms with Gasteiger partial charge in [0.05, 0.1) is 0 Å². The molecule has 1 aromatic heterocycles. The van der Waals surface area contributed by atoms with E-state index in [0.717, 1.165) is 38.2 Å². The molecule has 4 nitrogen and oxygen atoms in total. The number of para-hydroxylation sites is 1. The van der Waals surface area contributed by atoms with Gasteiger partial charge < -0.3 is 10.3 Å². The van der Waals surface area contributed by atoms with Crippen LogP contribution >= 0.6 is 0 Å². The molecule has 1 aromatic carbocycles. The summed E-state index contributed by atoms with van der Waals surface area (Å²) in [6.07, 6.45) is 4.11. The second-order valence-electron chi connectivity index (χ2n) is 5.99. The molecule has 0 fully saturated rings. The number of carbonyl (C=O) groups excluding carboxylic acids is 1. The molecule has 0 aliphatic carbocycles. The highest BCUT2D eigenvalue weighted by Crippen LogP contribution is 2.22. The van der Waals surface area contributed by atoms with Crippen molar-refractivity contribution in [2.45, 2.75) is 26.7 Å². The third kappa shape index (κ3) is 3.22. The van der Waals surface area contributed by atoms with Crippen molar-refractivity contribution in [3.05, 3.63) is 47.3 Å². The zero-order chi connectivity index (χ0) is 15.5. The number of nitrogens with zero attached hydrogens (tertiary/aromatic N) is 1. The van der Waals surface area contributed by atoms with E-state index in [4.69, 9.17) is 0 Å². The molecular weight excluding hydrogens is 274 g/mol. The Bertz CT molecular complexity index is 714. The third-order valence-corrected chi connectivity index (χ3v) is 4.33. The molecule has 1 amide bonds. The fraction of sp³-hybridized carbons (Fsp3) is 0.389. The Morgan fingerprint density at radius 3 is 2.91 bits per heavy atom. The first kappa shape index (κ1) is 14.9. The van der Waals surface area contributed by atoms with E-state index in [0.29, 0.717) is 0 Å². The van der Waals surface area contributed by atoms with Crippen LogP contribution in [0.4, 0.5) is 0 Å². The van der Waals surface area contributed by atoms with Gasteiger partial charge in [-0.25, -0.2) is 0 Å². The van der Waals surface area contributed by atoms with Gasteiger partial charge >= 0.3 is 0 Å². The average molecular weight is 297 g/mol. The number of aryl methyl sites for hydroxylation is 1. The van der Waals surface area contributed by atoms with Crippen molar-refractivity contribution in [1.29, 1.82) is 0 Å². The molecule has 2 N–H and O–H groups in total. The number of hydrogen-bond donors (Lipinski definition) is 2. The largest absolute Gasteiger partial charge is 0.358 e. The van der Waals surface area contributed by atoms with Crippen LogP contribution < -0.4 is 5.32 Å². The van der Waals surface area contributed by atoms with Crippen LogP contribution in [-0.2, 0) is 11.2 Å². The molecule has 0 saturated heterocycles. The van der Waals surface area contributed by atoms with Gasteiger partial charge in [0.25, 0.3) is 0 Å². The summed E-state index contributed by atoms with van der Waals surface area (Å²) in [5, 5.41) is 4.24. The quantitative estimate of drug-likeness (QED) is 0.911. The Balaban J connectivity index is 1.62. The molecule has 2 heterocycles. The van der Waals surface area contributed by atoms with Gasteiger partial charge in [-0.1, -0.05) is 24.3 Å². The van der Waals surface area contributed by atoms with E-state index in [1.807, 2.05) is 0 Å². The summed E-state index contributed by atoms with van der Waals surface area (Å²) in [6, 6.07) is 8.50. The number of amides is 1.